The maximum absolute atomic E-state index is 8.88. The number of para-hydroxylation sites is 2. The quantitative estimate of drug-likeness (QED) is 0.597. The molecule has 0 radical (unpaired) electrons. The number of phosphoric acid groups is 1. The van der Waals surface area contributed by atoms with Gasteiger partial charge < -0.3 is 19.6 Å². The van der Waals surface area contributed by atoms with Crippen molar-refractivity contribution in [1.29, 1.82) is 0 Å². The molecule has 3 N–H and O–H groups in total. The highest BCUT2D eigenvalue weighted by atomic mass is 31.2. The van der Waals surface area contributed by atoms with Crippen LogP contribution in [-0.4, -0.2) is 27.4 Å². The van der Waals surface area contributed by atoms with Gasteiger partial charge in [0.15, 0.2) is 0 Å². The van der Waals surface area contributed by atoms with E-state index in [1.807, 2.05) is 6.07 Å². The number of hydrogen-bond acceptors (Lipinski definition) is 3. The van der Waals surface area contributed by atoms with E-state index in [4.69, 9.17) is 19.2 Å². The maximum Gasteiger partial charge on any atom is 0.466 e. The van der Waals surface area contributed by atoms with Gasteiger partial charge in [0, 0.05) is 40.7 Å². The van der Waals surface area contributed by atoms with Crippen LogP contribution in [-0.2, 0) is 9.98 Å². The smallest absolute Gasteiger partial charge is 0.347 e. The number of rotatable bonds is 1. The standard InChI is InChI=1S/C22H22N2.H3O4P/c1-15-16(17-9-5-7-11-19(17)23-15)13-14-21-22(2,3)18-10-6-8-12-20(18)24(21)4;1-5(2,3)4/h5-14H,1-4H3;(H3,1,2,3,4). The largest absolute Gasteiger partial charge is 0.466 e. The van der Waals surface area contributed by atoms with Crippen molar-refractivity contribution >= 4 is 30.5 Å². The molecule has 0 saturated carbocycles. The zero-order chi connectivity index (χ0) is 21.4. The number of aliphatic imine (C=N–C) groups is 1. The van der Waals surface area contributed by atoms with Crippen LogP contribution in [0.2, 0.25) is 0 Å². The van der Waals surface area contributed by atoms with Crippen LogP contribution in [0.3, 0.4) is 0 Å². The Morgan fingerprint density at radius 1 is 1.00 bits per heavy atom. The van der Waals surface area contributed by atoms with Gasteiger partial charge in [0.25, 0.3) is 0 Å². The average molecular weight is 412 g/mol. The van der Waals surface area contributed by atoms with Crippen molar-refractivity contribution in [1.82, 2.24) is 0 Å². The minimum Gasteiger partial charge on any atom is -0.347 e. The number of likely N-dealkylation sites (N-methyl/N-ethyl adjacent to an activating group) is 1. The van der Waals surface area contributed by atoms with Crippen molar-refractivity contribution in [2.45, 2.75) is 26.2 Å². The third-order valence-corrected chi connectivity index (χ3v) is 5.22. The second kappa shape index (κ2) is 7.73. The van der Waals surface area contributed by atoms with Gasteiger partial charge in [-0.3, -0.25) is 4.99 Å². The molecule has 0 atom stereocenters. The molecular formula is C22H25N2O4P. The fourth-order valence-electron chi connectivity index (χ4n) is 3.91. The third-order valence-electron chi connectivity index (χ3n) is 5.22. The van der Waals surface area contributed by atoms with E-state index in [-0.39, 0.29) is 5.41 Å². The lowest BCUT2D eigenvalue weighted by Crippen LogP contribution is -2.22. The molecule has 0 saturated heterocycles. The van der Waals surface area contributed by atoms with E-state index in [1.165, 1.54) is 28.1 Å². The summed E-state index contributed by atoms with van der Waals surface area (Å²) in [5.74, 6) is 0. The highest BCUT2D eigenvalue weighted by Gasteiger charge is 2.37. The summed E-state index contributed by atoms with van der Waals surface area (Å²) in [7, 11) is -2.48. The van der Waals surface area contributed by atoms with E-state index in [9.17, 15) is 0 Å². The summed E-state index contributed by atoms with van der Waals surface area (Å²) in [6, 6.07) is 17.0. The Bertz CT molecular complexity index is 1070. The predicted octanol–water partition coefficient (Wildman–Crippen LogP) is 4.56. The fraction of sp³-hybridized carbons (Fsp3) is 0.227. The van der Waals surface area contributed by atoms with E-state index in [1.54, 1.807) is 0 Å². The van der Waals surface area contributed by atoms with E-state index in [0.29, 0.717) is 0 Å². The molecule has 0 aromatic heterocycles. The normalized spacial score (nSPS) is 19.6. The summed E-state index contributed by atoms with van der Waals surface area (Å²) >= 11 is 0. The number of nitrogens with zero attached hydrogens (tertiary/aromatic N) is 2. The van der Waals surface area contributed by atoms with Gasteiger partial charge in [-0.1, -0.05) is 56.3 Å². The first-order valence-electron chi connectivity index (χ1n) is 9.19. The molecule has 7 heteroatoms. The number of fused-ring (bicyclic) bond motifs is 2. The van der Waals surface area contributed by atoms with Crippen molar-refractivity contribution in [2.24, 2.45) is 4.99 Å². The molecule has 152 valence electrons. The summed E-state index contributed by atoms with van der Waals surface area (Å²) in [5.41, 5.74) is 8.60. The van der Waals surface area contributed by atoms with Gasteiger partial charge in [-0.05, 0) is 30.7 Å². The van der Waals surface area contributed by atoms with Gasteiger partial charge in [0.05, 0.1) is 5.69 Å². The first-order chi connectivity index (χ1) is 13.5. The van der Waals surface area contributed by atoms with E-state index in [0.717, 1.165) is 11.4 Å². The molecule has 2 aromatic carbocycles. The Kier molecular flexibility index (Phi) is 5.65. The highest BCUT2D eigenvalue weighted by molar-refractivity contribution is 7.45. The van der Waals surface area contributed by atoms with Crippen LogP contribution in [0.25, 0.3) is 5.57 Å². The number of anilines is 1. The summed E-state index contributed by atoms with van der Waals surface area (Å²) < 4.78 is 8.88. The van der Waals surface area contributed by atoms with Crippen molar-refractivity contribution in [3.63, 3.8) is 0 Å². The average Bonchev–Trinajstić information content (AvgIpc) is 3.04. The Hall–Kier alpha value is -2.50. The van der Waals surface area contributed by atoms with Crippen LogP contribution in [0.1, 0.15) is 31.9 Å². The Labute approximate surface area is 170 Å². The van der Waals surface area contributed by atoms with Crippen molar-refractivity contribution in [3.05, 3.63) is 77.5 Å². The Morgan fingerprint density at radius 2 is 1.59 bits per heavy atom. The Morgan fingerprint density at radius 3 is 2.24 bits per heavy atom. The number of allylic oxidation sites excluding steroid dienone is 4. The van der Waals surface area contributed by atoms with E-state index < -0.39 is 7.82 Å². The van der Waals surface area contributed by atoms with Gasteiger partial charge in [0.2, 0.25) is 0 Å². The van der Waals surface area contributed by atoms with Gasteiger partial charge in [0.1, 0.15) is 0 Å². The molecule has 0 fully saturated rings. The second-order valence-electron chi connectivity index (χ2n) is 7.56. The molecule has 2 heterocycles. The van der Waals surface area contributed by atoms with E-state index in [2.05, 4.69) is 92.3 Å². The zero-order valence-corrected chi connectivity index (χ0v) is 17.8. The maximum atomic E-state index is 8.88. The first kappa shape index (κ1) is 21.2. The molecule has 0 spiro atoms. The molecular weight excluding hydrogens is 387 g/mol. The van der Waals surface area contributed by atoms with Crippen LogP contribution in [0, 0.1) is 0 Å². The monoisotopic (exact) mass is 412 g/mol. The molecule has 2 aliphatic rings. The minimum absolute atomic E-state index is 0.00553. The fourth-order valence-corrected chi connectivity index (χ4v) is 3.91. The van der Waals surface area contributed by atoms with Crippen LogP contribution in [0.4, 0.5) is 11.4 Å². The van der Waals surface area contributed by atoms with Crippen molar-refractivity contribution in [3.8, 4) is 0 Å². The van der Waals surface area contributed by atoms with Crippen LogP contribution < -0.4 is 4.90 Å². The summed E-state index contributed by atoms with van der Waals surface area (Å²) in [6.45, 7) is 6.68. The molecule has 0 amide bonds. The zero-order valence-electron chi connectivity index (χ0n) is 16.9. The third kappa shape index (κ3) is 4.41. The van der Waals surface area contributed by atoms with E-state index >= 15 is 0 Å². The molecule has 4 rings (SSSR count). The van der Waals surface area contributed by atoms with Gasteiger partial charge in [-0.2, -0.15) is 0 Å². The topological polar surface area (TPSA) is 93.4 Å². The van der Waals surface area contributed by atoms with Crippen LogP contribution >= 0.6 is 7.82 Å². The molecule has 0 unspecified atom stereocenters. The SMILES string of the molecule is CC1=Nc2ccccc2C1=CC=C1N(C)c2ccccc2C1(C)C.O=P(O)(O)O. The molecule has 0 aliphatic carbocycles. The van der Waals surface area contributed by atoms with Crippen LogP contribution in [0.5, 0.6) is 0 Å². The molecule has 29 heavy (non-hydrogen) atoms. The molecule has 2 aliphatic heterocycles. The summed E-state index contributed by atoms with van der Waals surface area (Å²) in [6.07, 6.45) is 4.49. The minimum atomic E-state index is -4.64. The lowest BCUT2D eigenvalue weighted by Gasteiger charge is -2.23. The second-order valence-corrected chi connectivity index (χ2v) is 8.59. The predicted molar refractivity (Wildman–Crippen MR) is 117 cm³/mol. The molecule has 2 aromatic rings. The van der Waals surface area contributed by atoms with Gasteiger partial charge in [-0.25, -0.2) is 4.57 Å². The Balaban J connectivity index is 0.000000431. The number of benzene rings is 2. The lowest BCUT2D eigenvalue weighted by atomic mass is 9.83. The summed E-state index contributed by atoms with van der Waals surface area (Å²) in [5, 5.41) is 0. The molecule has 6 nitrogen and oxygen atoms in total. The molecule has 0 bridgehead atoms. The van der Waals surface area contributed by atoms with Crippen molar-refractivity contribution in [2.75, 3.05) is 11.9 Å². The van der Waals surface area contributed by atoms with Gasteiger partial charge in [-0.15, -0.1) is 0 Å². The summed E-state index contributed by atoms with van der Waals surface area (Å²) in [4.78, 5) is 28.5. The lowest BCUT2D eigenvalue weighted by molar-refractivity contribution is 0.275. The first-order valence-corrected chi connectivity index (χ1v) is 10.8. The number of hydrogen-bond donors (Lipinski definition) is 3. The van der Waals surface area contributed by atoms with Crippen LogP contribution in [0.15, 0.2) is 71.4 Å². The van der Waals surface area contributed by atoms with Gasteiger partial charge >= 0.3 is 7.82 Å². The van der Waals surface area contributed by atoms with Crippen molar-refractivity contribution < 1.29 is 19.2 Å². The highest BCUT2D eigenvalue weighted by Crippen LogP contribution is 2.47.